The molecule has 2 rings (SSSR count). The van der Waals surface area contributed by atoms with E-state index < -0.39 is 0 Å². The normalized spacial score (nSPS) is 52.9. The highest BCUT2D eigenvalue weighted by molar-refractivity contribution is 9.09. The zero-order chi connectivity index (χ0) is 5.56. The lowest BCUT2D eigenvalue weighted by Gasteiger charge is -2.07. The third-order valence-electron chi connectivity index (χ3n) is 2.33. The molecule has 46 valence electrons. The van der Waals surface area contributed by atoms with Gasteiger partial charge in [0, 0.05) is 10.9 Å². The van der Waals surface area contributed by atoms with E-state index in [1.807, 2.05) is 0 Å². The van der Waals surface area contributed by atoms with Crippen molar-refractivity contribution >= 4 is 15.9 Å². The minimum atomic E-state index is 0.794. The van der Waals surface area contributed by atoms with Gasteiger partial charge in [0.15, 0.2) is 0 Å². The maximum atomic E-state index is 3.67. The smallest absolute Gasteiger partial charge is 0.0339 e. The van der Waals surface area contributed by atoms with Crippen LogP contribution >= 0.6 is 15.9 Å². The Balaban J connectivity index is 2.16. The van der Waals surface area contributed by atoms with Crippen LogP contribution in [0.3, 0.4) is 0 Å². The van der Waals surface area contributed by atoms with Crippen LogP contribution in [-0.4, -0.2) is 17.4 Å². The first-order chi connectivity index (χ1) is 3.88. The molecule has 1 nitrogen and oxygen atoms in total. The molecule has 1 aliphatic carbocycles. The topological polar surface area (TPSA) is 12.0 Å². The van der Waals surface area contributed by atoms with Gasteiger partial charge in [0.05, 0.1) is 0 Å². The molecule has 0 aromatic heterocycles. The standard InChI is InChI=1S/C6H10BrN/c7-6-4-1-2-5(6)8-3-4/h4-6,8H,1-3H2/t4-,5+,6+/m0/s1. The van der Waals surface area contributed by atoms with E-state index in [0.29, 0.717) is 0 Å². The van der Waals surface area contributed by atoms with Crippen LogP contribution in [0.4, 0.5) is 0 Å². The van der Waals surface area contributed by atoms with Crippen molar-refractivity contribution in [3.63, 3.8) is 0 Å². The summed E-state index contributed by atoms with van der Waals surface area (Å²) in [6, 6.07) is 0.806. The van der Waals surface area contributed by atoms with E-state index >= 15 is 0 Å². The molecule has 8 heavy (non-hydrogen) atoms. The van der Waals surface area contributed by atoms with Crippen molar-refractivity contribution in [3.05, 3.63) is 0 Å². The largest absolute Gasteiger partial charge is 0.313 e. The summed E-state index contributed by atoms with van der Waals surface area (Å²) in [5.74, 6) is 0.944. The SMILES string of the molecule is Br[C@@H]1[C@H]2CC[C@H]1NC2. The molecule has 0 amide bonds. The molecule has 3 atom stereocenters. The second kappa shape index (κ2) is 1.71. The Morgan fingerprint density at radius 2 is 2.25 bits per heavy atom. The van der Waals surface area contributed by atoms with E-state index in [1.54, 1.807) is 0 Å². The highest BCUT2D eigenvalue weighted by Gasteiger charge is 2.39. The third kappa shape index (κ3) is 0.560. The van der Waals surface area contributed by atoms with Gasteiger partial charge in [-0.1, -0.05) is 15.9 Å². The van der Waals surface area contributed by atoms with Crippen LogP contribution in [0.15, 0.2) is 0 Å². The van der Waals surface area contributed by atoms with Gasteiger partial charge in [0.1, 0.15) is 0 Å². The van der Waals surface area contributed by atoms with Gasteiger partial charge in [-0.05, 0) is 25.3 Å². The fourth-order valence-corrected chi connectivity index (χ4v) is 2.68. The van der Waals surface area contributed by atoms with Gasteiger partial charge < -0.3 is 5.32 Å². The number of piperidine rings is 1. The van der Waals surface area contributed by atoms with Crippen LogP contribution in [0.1, 0.15) is 12.8 Å². The maximum Gasteiger partial charge on any atom is 0.0339 e. The number of rotatable bonds is 0. The van der Waals surface area contributed by atoms with Crippen molar-refractivity contribution in [2.45, 2.75) is 23.7 Å². The predicted molar refractivity (Wildman–Crippen MR) is 37.2 cm³/mol. The first-order valence-electron chi connectivity index (χ1n) is 3.25. The van der Waals surface area contributed by atoms with Crippen molar-refractivity contribution in [2.75, 3.05) is 6.54 Å². The second-order valence-corrected chi connectivity index (χ2v) is 3.85. The Kier molecular flexibility index (Phi) is 1.12. The monoisotopic (exact) mass is 175 g/mol. The van der Waals surface area contributed by atoms with Crippen LogP contribution in [0.25, 0.3) is 0 Å². The fraction of sp³-hybridized carbons (Fsp3) is 1.00. The van der Waals surface area contributed by atoms with E-state index in [1.165, 1.54) is 19.4 Å². The highest BCUT2D eigenvalue weighted by Crippen LogP contribution is 2.36. The lowest BCUT2D eigenvalue weighted by Crippen LogP contribution is -2.25. The summed E-state index contributed by atoms with van der Waals surface area (Å²) in [5.41, 5.74) is 0. The molecular formula is C6H10BrN. The summed E-state index contributed by atoms with van der Waals surface area (Å²) in [6.45, 7) is 1.25. The molecule has 1 saturated heterocycles. The van der Waals surface area contributed by atoms with Gasteiger partial charge in [-0.3, -0.25) is 0 Å². The molecule has 2 bridgehead atoms. The average Bonchev–Trinajstić information content (AvgIpc) is 2.29. The lowest BCUT2D eigenvalue weighted by molar-refractivity contribution is 0.504. The minimum Gasteiger partial charge on any atom is -0.313 e. The predicted octanol–water partition coefficient (Wildman–Crippen LogP) is 1.13. The molecule has 0 aromatic carbocycles. The Morgan fingerprint density at radius 3 is 2.38 bits per heavy atom. The molecule has 0 unspecified atom stereocenters. The molecular weight excluding hydrogens is 166 g/mol. The van der Waals surface area contributed by atoms with Crippen molar-refractivity contribution in [1.82, 2.24) is 5.32 Å². The first-order valence-corrected chi connectivity index (χ1v) is 4.17. The fourth-order valence-electron chi connectivity index (χ4n) is 1.77. The summed E-state index contributed by atoms with van der Waals surface area (Å²) in [7, 11) is 0. The molecule has 0 spiro atoms. The van der Waals surface area contributed by atoms with E-state index in [4.69, 9.17) is 0 Å². The Labute approximate surface area is 58.0 Å². The summed E-state index contributed by atoms with van der Waals surface area (Å²) >= 11 is 3.67. The van der Waals surface area contributed by atoms with Crippen molar-refractivity contribution in [2.24, 2.45) is 5.92 Å². The molecule has 2 fully saturated rings. The molecule has 1 heterocycles. The number of halogens is 1. The third-order valence-corrected chi connectivity index (χ3v) is 3.71. The van der Waals surface area contributed by atoms with Crippen LogP contribution in [-0.2, 0) is 0 Å². The van der Waals surface area contributed by atoms with Gasteiger partial charge in [-0.15, -0.1) is 0 Å². The summed E-state index contributed by atoms with van der Waals surface area (Å²) in [6.07, 6.45) is 2.83. The van der Waals surface area contributed by atoms with E-state index in [9.17, 15) is 0 Å². The van der Waals surface area contributed by atoms with E-state index in [0.717, 1.165) is 16.8 Å². The summed E-state index contributed by atoms with van der Waals surface area (Å²) < 4.78 is 0. The number of alkyl halides is 1. The first kappa shape index (κ1) is 5.24. The minimum absolute atomic E-state index is 0.794. The molecule has 1 N–H and O–H groups in total. The van der Waals surface area contributed by atoms with Crippen LogP contribution in [0.2, 0.25) is 0 Å². The number of fused-ring (bicyclic) bond motifs is 2. The summed E-state index contributed by atoms with van der Waals surface area (Å²) in [5, 5.41) is 3.46. The number of hydrogen-bond acceptors (Lipinski definition) is 1. The maximum absolute atomic E-state index is 3.67. The van der Waals surface area contributed by atoms with E-state index in [-0.39, 0.29) is 0 Å². The summed E-state index contributed by atoms with van der Waals surface area (Å²) in [4.78, 5) is 0.794. The molecule has 0 aromatic rings. The Morgan fingerprint density at radius 1 is 1.38 bits per heavy atom. The van der Waals surface area contributed by atoms with Gasteiger partial charge in [-0.2, -0.15) is 0 Å². The second-order valence-electron chi connectivity index (χ2n) is 2.80. The zero-order valence-electron chi connectivity index (χ0n) is 4.73. The van der Waals surface area contributed by atoms with Gasteiger partial charge in [-0.25, -0.2) is 0 Å². The number of nitrogens with one attached hydrogen (secondary N) is 1. The van der Waals surface area contributed by atoms with Crippen molar-refractivity contribution < 1.29 is 0 Å². The highest BCUT2D eigenvalue weighted by atomic mass is 79.9. The Bertz CT molecular complexity index is 84.7. The van der Waals surface area contributed by atoms with E-state index in [2.05, 4.69) is 21.2 Å². The average molecular weight is 176 g/mol. The van der Waals surface area contributed by atoms with Gasteiger partial charge in [0.2, 0.25) is 0 Å². The molecule has 1 saturated carbocycles. The van der Waals surface area contributed by atoms with Gasteiger partial charge in [0.25, 0.3) is 0 Å². The van der Waals surface area contributed by atoms with Crippen LogP contribution < -0.4 is 5.32 Å². The van der Waals surface area contributed by atoms with Crippen LogP contribution in [0, 0.1) is 5.92 Å². The van der Waals surface area contributed by atoms with Crippen molar-refractivity contribution in [3.8, 4) is 0 Å². The van der Waals surface area contributed by atoms with Crippen LogP contribution in [0.5, 0.6) is 0 Å². The van der Waals surface area contributed by atoms with Crippen molar-refractivity contribution in [1.29, 1.82) is 0 Å². The lowest BCUT2D eigenvalue weighted by atomic mass is 10.1. The zero-order valence-corrected chi connectivity index (χ0v) is 6.32. The Hall–Kier alpha value is 0.440. The molecule has 1 aliphatic heterocycles. The molecule has 0 radical (unpaired) electrons. The quantitative estimate of drug-likeness (QED) is 0.545. The molecule has 2 heteroatoms. The molecule has 2 aliphatic rings. The van der Waals surface area contributed by atoms with Gasteiger partial charge >= 0.3 is 0 Å². The number of hydrogen-bond donors (Lipinski definition) is 1.